The van der Waals surface area contributed by atoms with Crippen molar-refractivity contribution < 1.29 is 23.8 Å². The van der Waals surface area contributed by atoms with Gasteiger partial charge in [0.25, 0.3) is 0 Å². The molecule has 0 amide bonds. The second kappa shape index (κ2) is 3.76. The van der Waals surface area contributed by atoms with Crippen LogP contribution in [0.5, 0.6) is 11.5 Å². The van der Waals surface area contributed by atoms with Crippen molar-refractivity contribution in [3.63, 3.8) is 0 Å². The molecule has 0 spiro atoms. The smallest absolute Gasteiger partial charge is 0.347 e. The maximum absolute atomic E-state index is 11.3. The lowest BCUT2D eigenvalue weighted by Gasteiger charge is -2.10. The first kappa shape index (κ1) is 10.1. The highest BCUT2D eigenvalue weighted by atomic mass is 16.6. The number of fused-ring (bicyclic) bond motifs is 1. The van der Waals surface area contributed by atoms with Crippen LogP contribution in [0, 0.1) is 0 Å². The Kier molecular flexibility index (Phi) is 2.24. The number of Topliss-reactive ketones (excluding diaryl/α,β-unsaturated/α-hetero) is 1. The Morgan fingerprint density at radius 2 is 2.12 bits per heavy atom. The molecule has 5 nitrogen and oxygen atoms in total. The number of benzene rings is 1. The number of hydrogen-bond donors (Lipinski definition) is 0. The van der Waals surface area contributed by atoms with Crippen LogP contribution >= 0.6 is 0 Å². The van der Waals surface area contributed by atoms with Gasteiger partial charge in [-0.2, -0.15) is 0 Å². The Hall–Kier alpha value is -2.04. The van der Waals surface area contributed by atoms with Gasteiger partial charge < -0.3 is 14.2 Å². The van der Waals surface area contributed by atoms with Crippen molar-refractivity contribution in [2.45, 2.75) is 12.5 Å². The summed E-state index contributed by atoms with van der Waals surface area (Å²) in [6.07, 6.45) is 0.000513. The highest BCUT2D eigenvalue weighted by molar-refractivity contribution is 6.02. The van der Waals surface area contributed by atoms with Gasteiger partial charge in [0, 0.05) is 12.5 Å². The van der Waals surface area contributed by atoms with E-state index in [2.05, 4.69) is 0 Å². The highest BCUT2D eigenvalue weighted by Gasteiger charge is 2.29. The molecule has 1 saturated heterocycles. The van der Waals surface area contributed by atoms with Gasteiger partial charge in [-0.05, 0) is 12.1 Å². The first-order valence-corrected chi connectivity index (χ1v) is 5.37. The molecule has 3 rings (SSSR count). The van der Waals surface area contributed by atoms with Crippen molar-refractivity contribution in [2.24, 2.45) is 0 Å². The van der Waals surface area contributed by atoms with E-state index < -0.39 is 6.10 Å². The van der Waals surface area contributed by atoms with E-state index in [-0.39, 0.29) is 18.4 Å². The van der Waals surface area contributed by atoms with E-state index in [0.717, 1.165) is 0 Å². The molecule has 88 valence electrons. The van der Waals surface area contributed by atoms with E-state index in [1.54, 1.807) is 18.2 Å². The molecule has 5 heteroatoms. The van der Waals surface area contributed by atoms with E-state index in [0.29, 0.717) is 30.1 Å². The number of hydrogen-bond acceptors (Lipinski definition) is 5. The summed E-state index contributed by atoms with van der Waals surface area (Å²) in [7, 11) is 0. The molecule has 0 bridgehead atoms. The van der Waals surface area contributed by atoms with Crippen molar-refractivity contribution in [1.82, 2.24) is 0 Å². The van der Waals surface area contributed by atoms with Gasteiger partial charge in [-0.3, -0.25) is 4.79 Å². The predicted molar refractivity (Wildman–Crippen MR) is 56.3 cm³/mol. The van der Waals surface area contributed by atoms with Crippen LogP contribution in [0.3, 0.4) is 0 Å². The van der Waals surface area contributed by atoms with Crippen LogP contribution in [0.2, 0.25) is 0 Å². The normalized spacial score (nSPS) is 22.0. The maximum atomic E-state index is 11.3. The first-order valence-electron chi connectivity index (χ1n) is 5.37. The maximum Gasteiger partial charge on any atom is 0.347 e. The quantitative estimate of drug-likeness (QED) is 0.713. The van der Waals surface area contributed by atoms with Gasteiger partial charge in [-0.15, -0.1) is 0 Å². The average Bonchev–Trinajstić information content (AvgIpc) is 2.87. The molecule has 1 aromatic carbocycles. The van der Waals surface area contributed by atoms with Crippen LogP contribution in [-0.2, 0) is 9.53 Å². The van der Waals surface area contributed by atoms with E-state index in [9.17, 15) is 9.59 Å². The summed E-state index contributed by atoms with van der Waals surface area (Å²) in [5.74, 6) is 0.649. The molecule has 0 saturated carbocycles. The summed E-state index contributed by atoms with van der Waals surface area (Å²) < 4.78 is 15.5. The molecule has 1 fully saturated rings. The molecule has 2 aliphatic rings. The first-order chi connectivity index (χ1) is 8.24. The lowest BCUT2D eigenvalue weighted by molar-refractivity contribution is -0.143. The SMILES string of the molecule is O=C1COc2cc(OC3CCOC3=O)ccc21. The molecule has 1 unspecified atom stereocenters. The summed E-state index contributed by atoms with van der Waals surface area (Å²) in [6.45, 7) is 0.466. The highest BCUT2D eigenvalue weighted by Crippen LogP contribution is 2.30. The van der Waals surface area contributed by atoms with E-state index in [4.69, 9.17) is 14.2 Å². The van der Waals surface area contributed by atoms with Crippen molar-refractivity contribution in [3.05, 3.63) is 23.8 Å². The van der Waals surface area contributed by atoms with E-state index in [1.807, 2.05) is 0 Å². The molecule has 1 aromatic rings. The van der Waals surface area contributed by atoms with Gasteiger partial charge in [-0.1, -0.05) is 0 Å². The summed E-state index contributed by atoms with van der Waals surface area (Å²) in [4.78, 5) is 22.6. The predicted octanol–water partition coefficient (Wildman–Crippen LogP) is 0.956. The summed E-state index contributed by atoms with van der Waals surface area (Å²) in [6, 6.07) is 4.95. The fraction of sp³-hybridized carbons (Fsp3) is 0.333. The Bertz CT molecular complexity index is 494. The second-order valence-corrected chi connectivity index (χ2v) is 3.93. The Labute approximate surface area is 97.3 Å². The van der Waals surface area contributed by atoms with Crippen LogP contribution in [0.15, 0.2) is 18.2 Å². The van der Waals surface area contributed by atoms with Crippen LogP contribution in [-0.4, -0.2) is 31.1 Å². The Morgan fingerprint density at radius 1 is 1.24 bits per heavy atom. The topological polar surface area (TPSA) is 61.8 Å². The molecule has 0 N–H and O–H groups in total. The fourth-order valence-electron chi connectivity index (χ4n) is 1.90. The summed E-state index contributed by atoms with van der Waals surface area (Å²) in [5, 5.41) is 0. The van der Waals surface area contributed by atoms with E-state index >= 15 is 0 Å². The van der Waals surface area contributed by atoms with Crippen LogP contribution in [0.1, 0.15) is 16.8 Å². The van der Waals surface area contributed by atoms with Crippen molar-refractivity contribution >= 4 is 11.8 Å². The zero-order valence-corrected chi connectivity index (χ0v) is 8.97. The largest absolute Gasteiger partial charge is 0.485 e. The van der Waals surface area contributed by atoms with Gasteiger partial charge >= 0.3 is 5.97 Å². The zero-order chi connectivity index (χ0) is 11.8. The number of rotatable bonds is 2. The standard InChI is InChI=1S/C12H10O5/c13-9-6-16-11-5-7(1-2-8(9)11)17-10-3-4-15-12(10)14/h1-2,5,10H,3-4,6H2. The van der Waals surface area contributed by atoms with Gasteiger partial charge in [0.2, 0.25) is 5.78 Å². The molecule has 0 aromatic heterocycles. The van der Waals surface area contributed by atoms with Gasteiger partial charge in [-0.25, -0.2) is 4.79 Å². The Morgan fingerprint density at radius 3 is 2.88 bits per heavy atom. The molecule has 0 radical (unpaired) electrons. The third kappa shape index (κ3) is 1.73. The van der Waals surface area contributed by atoms with Crippen LogP contribution in [0.25, 0.3) is 0 Å². The zero-order valence-electron chi connectivity index (χ0n) is 8.97. The minimum absolute atomic E-state index is 0.0353. The molecular weight excluding hydrogens is 224 g/mol. The third-order valence-corrected chi connectivity index (χ3v) is 2.78. The number of cyclic esters (lactones) is 1. The number of ether oxygens (including phenoxy) is 3. The van der Waals surface area contributed by atoms with Crippen molar-refractivity contribution in [1.29, 1.82) is 0 Å². The molecule has 2 aliphatic heterocycles. The lowest BCUT2D eigenvalue weighted by atomic mass is 10.1. The summed E-state index contributed by atoms with van der Waals surface area (Å²) >= 11 is 0. The fourth-order valence-corrected chi connectivity index (χ4v) is 1.90. The van der Waals surface area contributed by atoms with E-state index in [1.165, 1.54) is 0 Å². The number of carbonyl (C=O) groups is 2. The second-order valence-electron chi connectivity index (χ2n) is 3.93. The number of esters is 1. The minimum atomic E-state index is -0.551. The van der Waals surface area contributed by atoms with Gasteiger partial charge in [0.05, 0.1) is 12.2 Å². The molecule has 2 heterocycles. The number of ketones is 1. The van der Waals surface area contributed by atoms with Crippen molar-refractivity contribution in [2.75, 3.05) is 13.2 Å². The average molecular weight is 234 g/mol. The number of carbonyl (C=O) groups excluding carboxylic acids is 2. The van der Waals surface area contributed by atoms with Crippen molar-refractivity contribution in [3.8, 4) is 11.5 Å². The Balaban J connectivity index is 1.81. The molecule has 1 atom stereocenters. The van der Waals surface area contributed by atoms with Gasteiger partial charge in [0.15, 0.2) is 12.7 Å². The summed E-state index contributed by atoms with van der Waals surface area (Å²) in [5.41, 5.74) is 0.561. The van der Waals surface area contributed by atoms with Gasteiger partial charge in [0.1, 0.15) is 11.5 Å². The molecular formula is C12H10O5. The molecule has 17 heavy (non-hydrogen) atoms. The lowest BCUT2D eigenvalue weighted by Crippen LogP contribution is -2.21. The monoisotopic (exact) mass is 234 g/mol. The minimum Gasteiger partial charge on any atom is -0.485 e. The third-order valence-electron chi connectivity index (χ3n) is 2.78. The van der Waals surface area contributed by atoms with Crippen LogP contribution in [0.4, 0.5) is 0 Å². The van der Waals surface area contributed by atoms with Crippen LogP contribution < -0.4 is 9.47 Å². The molecule has 0 aliphatic carbocycles.